The fourth-order valence-corrected chi connectivity index (χ4v) is 2.44. The Labute approximate surface area is 121 Å². The van der Waals surface area contributed by atoms with Crippen LogP contribution in [-0.4, -0.2) is 13.7 Å². The summed E-state index contributed by atoms with van der Waals surface area (Å²) in [5, 5.41) is 0. The van der Waals surface area contributed by atoms with E-state index >= 15 is 0 Å². The maximum absolute atomic E-state index is 5.64. The van der Waals surface area contributed by atoms with Gasteiger partial charge in [0.25, 0.3) is 0 Å². The highest BCUT2D eigenvalue weighted by Crippen LogP contribution is 2.22. The lowest BCUT2D eigenvalue weighted by molar-refractivity contribution is 0.104. The Morgan fingerprint density at radius 1 is 1.00 bits per heavy atom. The molecule has 0 aliphatic rings. The van der Waals surface area contributed by atoms with Crippen molar-refractivity contribution in [1.82, 2.24) is 0 Å². The van der Waals surface area contributed by atoms with Gasteiger partial charge in [0.2, 0.25) is 0 Å². The molecule has 106 valence electrons. The number of nitrogens with two attached hydrogens (primary N) is 1. The quantitative estimate of drug-likeness (QED) is 0.835. The Hall–Kier alpha value is -1.64. The number of rotatable bonds is 7. The largest absolute Gasteiger partial charge is 0.376 e. The summed E-state index contributed by atoms with van der Waals surface area (Å²) < 4.78 is 5.64. The predicted octanol–water partition coefficient (Wildman–Crippen LogP) is 3.51. The summed E-state index contributed by atoms with van der Waals surface area (Å²) >= 11 is 0. The van der Waals surface area contributed by atoms with Crippen molar-refractivity contribution in [3.05, 3.63) is 71.3 Å². The number of hydrogen-bond donors (Lipinski definition) is 1. The molecule has 20 heavy (non-hydrogen) atoms. The predicted molar refractivity (Wildman–Crippen MR) is 83.7 cm³/mol. The van der Waals surface area contributed by atoms with Gasteiger partial charge in [-0.05, 0) is 36.1 Å². The third kappa shape index (κ3) is 4.19. The molecule has 2 nitrogen and oxygen atoms in total. The third-order valence-corrected chi connectivity index (χ3v) is 3.54. The van der Waals surface area contributed by atoms with E-state index in [1.165, 1.54) is 16.7 Å². The minimum absolute atomic E-state index is 0.112. The minimum Gasteiger partial charge on any atom is -0.376 e. The number of benzene rings is 2. The first-order chi connectivity index (χ1) is 9.83. The van der Waals surface area contributed by atoms with Crippen molar-refractivity contribution < 1.29 is 4.74 Å². The smallest absolute Gasteiger partial charge is 0.0861 e. The van der Waals surface area contributed by atoms with Gasteiger partial charge in [-0.2, -0.15) is 0 Å². The molecule has 2 heteroatoms. The number of hydrogen-bond acceptors (Lipinski definition) is 2. The van der Waals surface area contributed by atoms with Crippen LogP contribution in [0.4, 0.5) is 0 Å². The summed E-state index contributed by atoms with van der Waals surface area (Å²) in [6, 6.07) is 19.1. The van der Waals surface area contributed by atoms with Crippen LogP contribution in [0, 0.1) is 0 Å². The van der Waals surface area contributed by atoms with Crippen LogP contribution in [0.15, 0.2) is 54.6 Å². The topological polar surface area (TPSA) is 35.2 Å². The summed E-state index contributed by atoms with van der Waals surface area (Å²) in [6.07, 6.45) is 3.10. The van der Waals surface area contributed by atoms with Crippen LogP contribution in [0.2, 0.25) is 0 Å². The van der Waals surface area contributed by atoms with Crippen molar-refractivity contribution in [2.24, 2.45) is 5.73 Å². The van der Waals surface area contributed by atoms with Gasteiger partial charge in [-0.25, -0.2) is 0 Å². The first-order valence-corrected chi connectivity index (χ1v) is 7.19. The van der Waals surface area contributed by atoms with E-state index in [-0.39, 0.29) is 6.10 Å². The lowest BCUT2D eigenvalue weighted by Gasteiger charge is -2.16. The number of ether oxygens (including phenoxy) is 1. The number of aryl methyl sites for hydroxylation is 1. The fourth-order valence-electron chi connectivity index (χ4n) is 2.44. The molecule has 0 radical (unpaired) electrons. The Balaban J connectivity index is 2.07. The van der Waals surface area contributed by atoms with Crippen LogP contribution in [0.3, 0.4) is 0 Å². The summed E-state index contributed by atoms with van der Waals surface area (Å²) in [5.41, 5.74) is 9.47. The fraction of sp³-hybridized carbons (Fsp3) is 0.333. The van der Waals surface area contributed by atoms with Gasteiger partial charge >= 0.3 is 0 Å². The molecule has 0 bridgehead atoms. The summed E-state index contributed by atoms with van der Waals surface area (Å²) in [6.45, 7) is 0.745. The molecule has 0 saturated carbocycles. The molecule has 2 rings (SSSR count). The highest BCUT2D eigenvalue weighted by Gasteiger charge is 2.11. The molecule has 2 aromatic rings. The lowest BCUT2D eigenvalue weighted by Crippen LogP contribution is -2.06. The van der Waals surface area contributed by atoms with Crippen molar-refractivity contribution in [2.45, 2.75) is 25.4 Å². The average molecular weight is 269 g/mol. The molecule has 2 N–H and O–H groups in total. The Bertz CT molecular complexity index is 510. The Kier molecular flexibility index (Phi) is 5.78. The zero-order chi connectivity index (χ0) is 14.2. The molecule has 0 aliphatic heterocycles. The van der Waals surface area contributed by atoms with Crippen LogP contribution in [0.1, 0.15) is 29.2 Å². The monoisotopic (exact) mass is 269 g/mol. The molecule has 0 aliphatic carbocycles. The standard InChI is InChI=1S/C18H23NO/c1-20-18(17-10-3-2-4-11-17)14-16-8-5-7-15(13-16)9-6-12-19/h2-5,7-8,10-11,13,18H,6,9,12,14,19H2,1H3. The second-order valence-electron chi connectivity index (χ2n) is 5.05. The minimum atomic E-state index is 0.112. The van der Waals surface area contributed by atoms with E-state index < -0.39 is 0 Å². The van der Waals surface area contributed by atoms with E-state index in [1.54, 1.807) is 7.11 Å². The van der Waals surface area contributed by atoms with Gasteiger partial charge in [0.15, 0.2) is 0 Å². The second kappa shape index (κ2) is 7.83. The first kappa shape index (κ1) is 14.8. The first-order valence-electron chi connectivity index (χ1n) is 7.19. The van der Waals surface area contributed by atoms with E-state index in [4.69, 9.17) is 10.5 Å². The molecule has 2 aromatic carbocycles. The molecule has 1 atom stereocenters. The van der Waals surface area contributed by atoms with E-state index in [0.29, 0.717) is 0 Å². The molecule has 0 amide bonds. The van der Waals surface area contributed by atoms with Crippen molar-refractivity contribution in [3.8, 4) is 0 Å². The van der Waals surface area contributed by atoms with E-state index in [9.17, 15) is 0 Å². The molecule has 0 saturated heterocycles. The lowest BCUT2D eigenvalue weighted by atomic mass is 9.98. The van der Waals surface area contributed by atoms with Crippen LogP contribution in [0.5, 0.6) is 0 Å². The molecular formula is C18H23NO. The molecule has 0 fully saturated rings. The van der Waals surface area contributed by atoms with Crippen molar-refractivity contribution in [2.75, 3.05) is 13.7 Å². The van der Waals surface area contributed by atoms with Crippen molar-refractivity contribution >= 4 is 0 Å². The zero-order valence-corrected chi connectivity index (χ0v) is 12.1. The van der Waals surface area contributed by atoms with Crippen LogP contribution in [0.25, 0.3) is 0 Å². The van der Waals surface area contributed by atoms with Gasteiger partial charge in [-0.3, -0.25) is 0 Å². The molecular weight excluding hydrogens is 246 g/mol. The molecule has 0 aromatic heterocycles. The van der Waals surface area contributed by atoms with Gasteiger partial charge in [-0.1, -0.05) is 54.6 Å². The maximum Gasteiger partial charge on any atom is 0.0861 e. The molecule has 1 unspecified atom stereocenters. The van der Waals surface area contributed by atoms with Gasteiger partial charge < -0.3 is 10.5 Å². The highest BCUT2D eigenvalue weighted by molar-refractivity contribution is 5.26. The van der Waals surface area contributed by atoms with Crippen molar-refractivity contribution in [3.63, 3.8) is 0 Å². The van der Waals surface area contributed by atoms with E-state index in [2.05, 4.69) is 48.5 Å². The van der Waals surface area contributed by atoms with Crippen LogP contribution < -0.4 is 5.73 Å². The Morgan fingerprint density at radius 3 is 2.45 bits per heavy atom. The number of methoxy groups -OCH3 is 1. The average Bonchev–Trinajstić information content (AvgIpc) is 2.52. The molecule has 0 heterocycles. The van der Waals surface area contributed by atoms with Gasteiger partial charge in [0.1, 0.15) is 0 Å². The third-order valence-electron chi connectivity index (χ3n) is 3.54. The zero-order valence-electron chi connectivity index (χ0n) is 12.1. The summed E-state index contributed by atoms with van der Waals surface area (Å²) in [4.78, 5) is 0. The Morgan fingerprint density at radius 2 is 1.75 bits per heavy atom. The maximum atomic E-state index is 5.64. The van der Waals surface area contributed by atoms with Crippen LogP contribution >= 0.6 is 0 Å². The summed E-state index contributed by atoms with van der Waals surface area (Å²) in [7, 11) is 1.77. The second-order valence-corrected chi connectivity index (χ2v) is 5.05. The normalized spacial score (nSPS) is 12.3. The molecule has 0 spiro atoms. The summed E-state index contributed by atoms with van der Waals surface area (Å²) in [5.74, 6) is 0. The SMILES string of the molecule is COC(Cc1cccc(CCCN)c1)c1ccccc1. The van der Waals surface area contributed by atoms with Gasteiger partial charge in [0.05, 0.1) is 6.10 Å². The highest BCUT2D eigenvalue weighted by atomic mass is 16.5. The van der Waals surface area contributed by atoms with E-state index in [1.807, 2.05) is 6.07 Å². The van der Waals surface area contributed by atoms with Gasteiger partial charge in [-0.15, -0.1) is 0 Å². The van der Waals surface area contributed by atoms with Gasteiger partial charge in [0, 0.05) is 13.5 Å². The van der Waals surface area contributed by atoms with E-state index in [0.717, 1.165) is 25.8 Å². The van der Waals surface area contributed by atoms with Crippen LogP contribution in [-0.2, 0) is 17.6 Å². The van der Waals surface area contributed by atoms with Crippen molar-refractivity contribution in [1.29, 1.82) is 0 Å².